The van der Waals surface area contributed by atoms with Crippen LogP contribution < -0.4 is 0 Å². The van der Waals surface area contributed by atoms with Crippen molar-refractivity contribution in [3.63, 3.8) is 0 Å². The normalized spacial score (nSPS) is 25.8. The first-order valence-corrected chi connectivity index (χ1v) is 7.96. The number of fused-ring (bicyclic) bond motifs is 3. The van der Waals surface area contributed by atoms with Gasteiger partial charge in [0.1, 0.15) is 0 Å². The molecule has 22 heavy (non-hydrogen) atoms. The molecule has 0 N–H and O–H groups in total. The van der Waals surface area contributed by atoms with Gasteiger partial charge in [0.05, 0.1) is 0 Å². The van der Waals surface area contributed by atoms with E-state index in [-0.39, 0.29) is 17.7 Å². The molecule has 5 rings (SSSR count). The van der Waals surface area contributed by atoms with E-state index < -0.39 is 0 Å². The fourth-order valence-corrected chi connectivity index (χ4v) is 4.67. The molecule has 1 amide bonds. The van der Waals surface area contributed by atoms with Crippen molar-refractivity contribution in [2.24, 2.45) is 11.0 Å². The second kappa shape index (κ2) is 4.89. The van der Waals surface area contributed by atoms with Crippen LogP contribution in [0, 0.1) is 5.92 Å². The fourth-order valence-electron chi connectivity index (χ4n) is 4.67. The van der Waals surface area contributed by atoms with Gasteiger partial charge in [-0.05, 0) is 54.4 Å². The molecule has 112 valence electrons. The van der Waals surface area contributed by atoms with Gasteiger partial charge in [-0.25, -0.2) is 0 Å². The van der Waals surface area contributed by atoms with Gasteiger partial charge in [0.25, 0.3) is 0 Å². The number of aryl methyl sites for hydroxylation is 1. The number of hydrogen-bond acceptors (Lipinski definition) is 1. The average Bonchev–Trinajstić information content (AvgIpc) is 2.91. The number of amides is 1. The molecular weight excluding hydrogens is 276 g/mol. The van der Waals surface area contributed by atoms with E-state index in [9.17, 15) is 4.79 Å². The lowest BCUT2D eigenvalue weighted by molar-refractivity contribution is -0.123. The van der Waals surface area contributed by atoms with Gasteiger partial charge in [0, 0.05) is 39.9 Å². The number of carbonyl (C=O) groups is 1. The fraction of sp³-hybridized carbons (Fsp3) is 0.471. The molecule has 1 aromatic carbocycles. The molecule has 1 saturated carbocycles. The second-order valence-corrected chi connectivity index (χ2v) is 6.31. The van der Waals surface area contributed by atoms with Crippen LogP contribution in [-0.4, -0.2) is 10.5 Å². The van der Waals surface area contributed by atoms with Crippen LogP contribution in [0.1, 0.15) is 49.3 Å². The Morgan fingerprint density at radius 3 is 3.00 bits per heavy atom. The van der Waals surface area contributed by atoms with Crippen molar-refractivity contribution in [3.8, 4) is 0 Å². The molecule has 3 unspecified atom stereocenters. The summed E-state index contributed by atoms with van der Waals surface area (Å²) >= 11 is 0. The molecule has 0 saturated heterocycles. The van der Waals surface area contributed by atoms with Crippen molar-refractivity contribution in [2.45, 2.75) is 44.6 Å². The minimum atomic E-state index is -0.282. The largest absolute Gasteiger partial charge is 0.344 e. The molecule has 5 heteroatoms. The Balaban J connectivity index is 1.94. The van der Waals surface area contributed by atoms with Gasteiger partial charge in [-0.2, -0.15) is 0 Å². The molecule has 3 aliphatic rings. The number of benzene rings is 1. The van der Waals surface area contributed by atoms with Crippen molar-refractivity contribution < 1.29 is 4.79 Å². The molecule has 2 bridgehead atoms. The molecule has 0 radical (unpaired) electrons. The van der Waals surface area contributed by atoms with E-state index in [2.05, 4.69) is 45.8 Å². The molecule has 1 heterocycles. The third-order valence-electron chi connectivity index (χ3n) is 5.44. The van der Waals surface area contributed by atoms with Crippen molar-refractivity contribution in [1.82, 2.24) is 4.57 Å². The zero-order valence-corrected chi connectivity index (χ0v) is 12.6. The Hall–Kier alpha value is -2.26. The standard InChI is InChI=1S/C17H18N4O/c1-2-21-14-6-4-3-5-12(14)15-10-7-8-11(16(15)21)13(9-10)17(22)19-20-18/h3-6,10-11,13H,2,7-9H2,1H3. The van der Waals surface area contributed by atoms with Crippen molar-refractivity contribution in [2.75, 3.05) is 0 Å². The van der Waals surface area contributed by atoms with Gasteiger partial charge in [0.15, 0.2) is 0 Å². The number of carbonyl (C=O) groups excluding carboxylic acids is 1. The van der Waals surface area contributed by atoms with Crippen molar-refractivity contribution in [1.29, 1.82) is 0 Å². The van der Waals surface area contributed by atoms with E-state index in [1.165, 1.54) is 22.2 Å². The topological polar surface area (TPSA) is 70.8 Å². The Bertz CT molecular complexity index is 815. The Kier molecular flexibility index (Phi) is 2.98. The van der Waals surface area contributed by atoms with Crippen molar-refractivity contribution >= 4 is 16.8 Å². The number of para-hydroxylation sites is 1. The Morgan fingerprint density at radius 2 is 2.23 bits per heavy atom. The van der Waals surface area contributed by atoms with E-state index in [4.69, 9.17) is 5.53 Å². The van der Waals surface area contributed by atoms with Crippen LogP contribution in [-0.2, 0) is 11.3 Å². The third-order valence-corrected chi connectivity index (χ3v) is 5.44. The number of rotatable bonds is 2. The predicted octanol–water partition coefficient (Wildman–Crippen LogP) is 4.48. The lowest BCUT2D eigenvalue weighted by Crippen LogP contribution is -2.34. The summed E-state index contributed by atoms with van der Waals surface area (Å²) in [5, 5.41) is 4.72. The highest BCUT2D eigenvalue weighted by molar-refractivity contribution is 5.89. The van der Waals surface area contributed by atoms with Crippen LogP contribution in [0.15, 0.2) is 29.4 Å². The van der Waals surface area contributed by atoms with Gasteiger partial charge < -0.3 is 4.57 Å². The minimum absolute atomic E-state index is 0.142. The summed E-state index contributed by atoms with van der Waals surface area (Å²) < 4.78 is 2.36. The van der Waals surface area contributed by atoms with E-state index >= 15 is 0 Å². The predicted molar refractivity (Wildman–Crippen MR) is 84.6 cm³/mol. The highest BCUT2D eigenvalue weighted by Gasteiger charge is 2.45. The maximum atomic E-state index is 12.2. The molecule has 2 aromatic rings. The van der Waals surface area contributed by atoms with E-state index in [0.29, 0.717) is 5.92 Å². The Labute approximate surface area is 128 Å². The number of hydrogen-bond donors (Lipinski definition) is 0. The SMILES string of the molecule is CCn1c2c(c3ccccc31)C1CCC2C(C(=O)N=[N+]=[N-])C1. The zero-order chi connectivity index (χ0) is 15.3. The van der Waals surface area contributed by atoms with Crippen LogP contribution in [0.2, 0.25) is 0 Å². The van der Waals surface area contributed by atoms with E-state index in [0.717, 1.165) is 25.8 Å². The third kappa shape index (κ3) is 1.66. The zero-order valence-electron chi connectivity index (χ0n) is 12.6. The second-order valence-electron chi connectivity index (χ2n) is 6.31. The lowest BCUT2D eigenvalue weighted by Gasteiger charge is -2.42. The molecule has 1 fully saturated rings. The average molecular weight is 294 g/mol. The van der Waals surface area contributed by atoms with Gasteiger partial charge >= 0.3 is 0 Å². The van der Waals surface area contributed by atoms with Crippen LogP contribution >= 0.6 is 0 Å². The lowest BCUT2D eigenvalue weighted by atomic mass is 9.63. The van der Waals surface area contributed by atoms with Crippen molar-refractivity contribution in [3.05, 3.63) is 46.0 Å². The summed E-state index contributed by atoms with van der Waals surface area (Å²) in [5.41, 5.74) is 12.6. The first kappa shape index (κ1) is 13.4. The summed E-state index contributed by atoms with van der Waals surface area (Å²) in [6, 6.07) is 8.53. The summed E-state index contributed by atoms with van der Waals surface area (Å²) in [4.78, 5) is 14.9. The first-order valence-electron chi connectivity index (χ1n) is 7.96. The summed E-state index contributed by atoms with van der Waals surface area (Å²) in [6.07, 6.45) is 2.98. The monoisotopic (exact) mass is 294 g/mol. The quantitative estimate of drug-likeness (QED) is 0.457. The maximum Gasteiger partial charge on any atom is 0.222 e. The first-order chi connectivity index (χ1) is 10.8. The highest BCUT2D eigenvalue weighted by Crippen LogP contribution is 2.55. The van der Waals surface area contributed by atoms with Gasteiger partial charge in [-0.15, -0.1) is 0 Å². The van der Waals surface area contributed by atoms with Gasteiger partial charge in [-0.1, -0.05) is 18.2 Å². The summed E-state index contributed by atoms with van der Waals surface area (Å²) in [7, 11) is 0. The number of aromatic nitrogens is 1. The van der Waals surface area contributed by atoms with E-state index in [1.807, 2.05) is 0 Å². The van der Waals surface area contributed by atoms with Gasteiger partial charge in [0.2, 0.25) is 5.91 Å². The van der Waals surface area contributed by atoms with Crippen LogP contribution in [0.4, 0.5) is 0 Å². The van der Waals surface area contributed by atoms with Gasteiger partial charge in [-0.3, -0.25) is 4.79 Å². The number of nitrogens with zero attached hydrogens (tertiary/aromatic N) is 4. The molecule has 5 nitrogen and oxygen atoms in total. The maximum absolute atomic E-state index is 12.2. The summed E-state index contributed by atoms with van der Waals surface area (Å²) in [6.45, 7) is 3.06. The molecule has 1 aromatic heterocycles. The summed E-state index contributed by atoms with van der Waals surface area (Å²) in [5.74, 6) is 0.193. The van der Waals surface area contributed by atoms with Crippen LogP contribution in [0.3, 0.4) is 0 Å². The highest BCUT2D eigenvalue weighted by atomic mass is 16.1. The number of azide groups is 1. The van der Waals surface area contributed by atoms with E-state index in [1.54, 1.807) is 0 Å². The van der Waals surface area contributed by atoms with Crippen LogP contribution in [0.5, 0.6) is 0 Å². The molecule has 3 atom stereocenters. The molecule has 0 aliphatic heterocycles. The molecule has 3 aliphatic carbocycles. The Morgan fingerprint density at radius 1 is 1.41 bits per heavy atom. The molecular formula is C17H18N4O. The van der Waals surface area contributed by atoms with Crippen LogP contribution in [0.25, 0.3) is 21.3 Å². The molecule has 0 spiro atoms. The smallest absolute Gasteiger partial charge is 0.222 e. The minimum Gasteiger partial charge on any atom is -0.344 e.